The monoisotopic (exact) mass is 329 g/mol. The Morgan fingerprint density at radius 1 is 1.25 bits per heavy atom. The largest absolute Gasteiger partial charge is 0.351 e. The lowest BCUT2D eigenvalue weighted by atomic mass is 10.1. The van der Waals surface area contributed by atoms with Crippen molar-refractivity contribution in [2.45, 2.75) is 57.5 Å². The lowest BCUT2D eigenvalue weighted by molar-refractivity contribution is -0.107. The molecular weight excluding hydrogens is 302 g/mol. The Morgan fingerprint density at radius 2 is 2.00 bits per heavy atom. The number of piperidine rings is 1. The Balaban J connectivity index is 1.85. The van der Waals surface area contributed by atoms with Crippen molar-refractivity contribution in [3.8, 4) is 0 Å². The number of hydrogen-bond donors (Lipinski definition) is 2. The minimum atomic E-state index is 0.258. The van der Waals surface area contributed by atoms with Crippen LogP contribution in [0.1, 0.15) is 51.0 Å². The fourth-order valence-corrected chi connectivity index (χ4v) is 3.60. The van der Waals surface area contributed by atoms with Gasteiger partial charge in [0.05, 0.1) is 0 Å². The van der Waals surface area contributed by atoms with Crippen LogP contribution in [-0.2, 0) is 4.79 Å². The van der Waals surface area contributed by atoms with Gasteiger partial charge in [-0.3, -0.25) is 9.69 Å². The van der Waals surface area contributed by atoms with Gasteiger partial charge in [-0.1, -0.05) is 25.0 Å². The summed E-state index contributed by atoms with van der Waals surface area (Å²) in [4.78, 5) is 22.7. The molecule has 0 unspecified atom stereocenters. The van der Waals surface area contributed by atoms with E-state index in [2.05, 4.69) is 15.6 Å². The topological polar surface area (TPSA) is 70.2 Å². The molecule has 1 saturated carbocycles. The molecule has 1 aromatic rings. The molecular formula is C18H27N5O. The van der Waals surface area contributed by atoms with Crippen LogP contribution in [0.2, 0.25) is 0 Å². The summed E-state index contributed by atoms with van der Waals surface area (Å²) in [5.41, 5.74) is 0.896. The smallest absolute Gasteiger partial charge is 0.224 e. The van der Waals surface area contributed by atoms with Gasteiger partial charge in [0.1, 0.15) is 5.82 Å². The Labute approximate surface area is 143 Å². The minimum Gasteiger partial charge on any atom is -0.351 e. The van der Waals surface area contributed by atoms with Gasteiger partial charge in [-0.15, -0.1) is 0 Å². The van der Waals surface area contributed by atoms with E-state index in [0.717, 1.165) is 56.6 Å². The molecule has 1 aromatic heterocycles. The van der Waals surface area contributed by atoms with Gasteiger partial charge >= 0.3 is 0 Å². The normalized spacial score (nSPS) is 19.7. The molecule has 2 heterocycles. The zero-order chi connectivity index (χ0) is 16.8. The van der Waals surface area contributed by atoms with Gasteiger partial charge in [0, 0.05) is 23.8 Å². The highest BCUT2D eigenvalue weighted by Gasteiger charge is 2.25. The third kappa shape index (κ3) is 3.93. The van der Waals surface area contributed by atoms with E-state index in [-0.39, 0.29) is 6.04 Å². The zero-order valence-corrected chi connectivity index (χ0v) is 14.4. The Kier molecular flexibility index (Phi) is 5.80. The summed E-state index contributed by atoms with van der Waals surface area (Å²) in [5.74, 6) is 1.34. The van der Waals surface area contributed by atoms with Crippen molar-refractivity contribution in [1.82, 2.24) is 15.3 Å². The van der Waals surface area contributed by atoms with Gasteiger partial charge in [0.25, 0.3) is 0 Å². The van der Waals surface area contributed by atoms with Crippen LogP contribution < -0.4 is 15.5 Å². The zero-order valence-electron chi connectivity index (χ0n) is 14.4. The predicted molar refractivity (Wildman–Crippen MR) is 97.1 cm³/mol. The van der Waals surface area contributed by atoms with Crippen molar-refractivity contribution in [2.75, 3.05) is 23.3 Å². The molecule has 2 aliphatic rings. The number of nitrogens with zero attached hydrogens (tertiary/aromatic N) is 3. The van der Waals surface area contributed by atoms with Crippen LogP contribution in [-0.4, -0.2) is 41.6 Å². The molecule has 1 aliphatic heterocycles. The number of anilines is 2. The maximum atomic E-state index is 11.8. The predicted octanol–water partition coefficient (Wildman–Crippen LogP) is 2.58. The molecule has 2 fully saturated rings. The standard InChI is InChI=1S/C18H27N5O/c1-2-5-14-12-20-18(21-15-8-10-19-11-9-15)22-17(14)23(13-24)16-6-3-4-7-16/h2,5,12-13,15-16,19H,3-4,6-11H2,1H3,(H,20,21,22)/b5-2-. The van der Waals surface area contributed by atoms with Gasteiger partial charge in [0.15, 0.2) is 0 Å². The summed E-state index contributed by atoms with van der Waals surface area (Å²) in [6.45, 7) is 4.00. The first-order chi connectivity index (χ1) is 11.8. The quantitative estimate of drug-likeness (QED) is 0.785. The molecule has 24 heavy (non-hydrogen) atoms. The molecule has 1 aliphatic carbocycles. The third-order valence-corrected chi connectivity index (χ3v) is 4.89. The molecule has 1 amide bonds. The van der Waals surface area contributed by atoms with E-state index in [1.807, 2.05) is 25.3 Å². The lowest BCUT2D eigenvalue weighted by Gasteiger charge is -2.27. The highest BCUT2D eigenvalue weighted by atomic mass is 16.1. The van der Waals surface area contributed by atoms with Gasteiger partial charge in [-0.2, -0.15) is 4.98 Å². The molecule has 0 radical (unpaired) electrons. The van der Waals surface area contributed by atoms with Crippen molar-refractivity contribution in [3.63, 3.8) is 0 Å². The van der Waals surface area contributed by atoms with Gasteiger partial charge in [-0.25, -0.2) is 4.98 Å². The fourth-order valence-electron chi connectivity index (χ4n) is 3.60. The highest BCUT2D eigenvalue weighted by molar-refractivity contribution is 5.79. The number of amides is 1. The molecule has 6 heteroatoms. The second-order valence-electron chi connectivity index (χ2n) is 6.59. The highest BCUT2D eigenvalue weighted by Crippen LogP contribution is 2.29. The first kappa shape index (κ1) is 16.9. The summed E-state index contributed by atoms with van der Waals surface area (Å²) < 4.78 is 0. The third-order valence-electron chi connectivity index (χ3n) is 4.89. The molecule has 3 rings (SSSR count). The van der Waals surface area contributed by atoms with Gasteiger partial charge < -0.3 is 10.6 Å². The first-order valence-electron chi connectivity index (χ1n) is 9.02. The maximum Gasteiger partial charge on any atom is 0.224 e. The van der Waals surface area contributed by atoms with E-state index in [1.165, 1.54) is 12.8 Å². The van der Waals surface area contributed by atoms with E-state index in [4.69, 9.17) is 4.98 Å². The van der Waals surface area contributed by atoms with Crippen LogP contribution in [0.4, 0.5) is 11.8 Å². The second kappa shape index (κ2) is 8.24. The minimum absolute atomic E-state index is 0.258. The Bertz CT molecular complexity index is 577. The fraction of sp³-hybridized carbons (Fsp3) is 0.611. The Morgan fingerprint density at radius 3 is 2.67 bits per heavy atom. The summed E-state index contributed by atoms with van der Waals surface area (Å²) in [5, 5.41) is 6.79. The lowest BCUT2D eigenvalue weighted by Crippen LogP contribution is -2.36. The molecule has 0 spiro atoms. The van der Waals surface area contributed by atoms with Crippen LogP contribution >= 0.6 is 0 Å². The van der Waals surface area contributed by atoms with E-state index >= 15 is 0 Å². The van der Waals surface area contributed by atoms with E-state index in [0.29, 0.717) is 12.0 Å². The van der Waals surface area contributed by atoms with Crippen LogP contribution in [0.15, 0.2) is 12.3 Å². The van der Waals surface area contributed by atoms with Crippen LogP contribution in [0, 0.1) is 0 Å². The number of rotatable bonds is 6. The van der Waals surface area contributed by atoms with Crippen LogP contribution in [0.5, 0.6) is 0 Å². The summed E-state index contributed by atoms with van der Waals surface area (Å²) in [7, 11) is 0. The molecule has 0 bridgehead atoms. The average molecular weight is 329 g/mol. The van der Waals surface area contributed by atoms with Crippen molar-refractivity contribution in [2.24, 2.45) is 0 Å². The van der Waals surface area contributed by atoms with Gasteiger partial charge in [0.2, 0.25) is 12.4 Å². The number of allylic oxidation sites excluding steroid dienone is 1. The van der Waals surface area contributed by atoms with Gasteiger partial charge in [-0.05, 0) is 45.7 Å². The number of nitrogens with one attached hydrogen (secondary N) is 2. The van der Waals surface area contributed by atoms with Crippen molar-refractivity contribution in [1.29, 1.82) is 0 Å². The summed E-state index contributed by atoms with van der Waals surface area (Å²) in [6, 6.07) is 0.649. The molecule has 130 valence electrons. The molecule has 0 aromatic carbocycles. The average Bonchev–Trinajstić information content (AvgIpc) is 3.13. The number of aromatic nitrogens is 2. The van der Waals surface area contributed by atoms with E-state index < -0.39 is 0 Å². The SMILES string of the molecule is C/C=C\c1cnc(NC2CCNCC2)nc1N(C=O)C1CCCC1. The molecule has 1 saturated heterocycles. The number of hydrogen-bond acceptors (Lipinski definition) is 5. The molecule has 0 atom stereocenters. The maximum absolute atomic E-state index is 11.8. The first-order valence-corrected chi connectivity index (χ1v) is 9.02. The van der Waals surface area contributed by atoms with Crippen molar-refractivity contribution in [3.05, 3.63) is 17.8 Å². The molecule has 2 N–H and O–H groups in total. The number of carbonyl (C=O) groups is 1. The number of carbonyl (C=O) groups excluding carboxylic acids is 1. The van der Waals surface area contributed by atoms with Crippen molar-refractivity contribution < 1.29 is 4.79 Å². The second-order valence-corrected chi connectivity index (χ2v) is 6.59. The van der Waals surface area contributed by atoms with E-state index in [1.54, 1.807) is 4.90 Å². The van der Waals surface area contributed by atoms with Crippen LogP contribution in [0.25, 0.3) is 6.08 Å². The molecule has 6 nitrogen and oxygen atoms in total. The van der Waals surface area contributed by atoms with Crippen molar-refractivity contribution >= 4 is 24.3 Å². The Hall–Kier alpha value is -1.95. The van der Waals surface area contributed by atoms with E-state index in [9.17, 15) is 4.79 Å². The summed E-state index contributed by atoms with van der Waals surface area (Å²) in [6.07, 6.45) is 13.3. The van der Waals surface area contributed by atoms with Crippen LogP contribution in [0.3, 0.4) is 0 Å². The summed E-state index contributed by atoms with van der Waals surface area (Å²) >= 11 is 0.